The van der Waals surface area contributed by atoms with Gasteiger partial charge in [-0.1, -0.05) is 6.07 Å². The number of benzene rings is 2. The fraction of sp³-hybridized carbons (Fsp3) is 0.107. The molecule has 0 spiro atoms. The first kappa shape index (κ1) is 33.4. The van der Waals surface area contributed by atoms with Gasteiger partial charge in [0, 0.05) is 53.0 Å². The van der Waals surface area contributed by atoms with Gasteiger partial charge < -0.3 is 26.2 Å². The molecule has 6 N–H and O–H groups in total. The minimum absolute atomic E-state index is 0. The molecular formula is C28H27ClF3N7O3. The molecule has 2 aromatic carbocycles. The summed E-state index contributed by atoms with van der Waals surface area (Å²) in [7, 11) is 0. The van der Waals surface area contributed by atoms with Crippen LogP contribution in [0.3, 0.4) is 0 Å². The molecule has 0 bridgehead atoms. The average molecular weight is 602 g/mol. The summed E-state index contributed by atoms with van der Waals surface area (Å²) in [6, 6.07) is 13.7. The van der Waals surface area contributed by atoms with Crippen molar-refractivity contribution in [3.63, 3.8) is 0 Å². The minimum atomic E-state index is -4.60. The van der Waals surface area contributed by atoms with E-state index in [4.69, 9.17) is 0 Å². The zero-order valence-electron chi connectivity index (χ0n) is 22.3. The number of imidazole rings is 1. The van der Waals surface area contributed by atoms with Crippen molar-refractivity contribution in [2.24, 2.45) is 0 Å². The zero-order valence-corrected chi connectivity index (χ0v) is 23.1. The van der Waals surface area contributed by atoms with Crippen molar-refractivity contribution >= 4 is 35.6 Å². The smallest absolute Gasteiger partial charge is 0.412 e. The Kier molecular flexibility index (Phi) is 10.9. The summed E-state index contributed by atoms with van der Waals surface area (Å²) >= 11 is 0. The van der Waals surface area contributed by atoms with Gasteiger partial charge in [-0.2, -0.15) is 13.2 Å². The topological polar surface area (TPSA) is 161 Å². The molecule has 0 radical (unpaired) electrons. The zero-order chi connectivity index (χ0) is 27.6. The summed E-state index contributed by atoms with van der Waals surface area (Å²) in [6.45, 7) is 3.58. The van der Waals surface area contributed by atoms with Crippen molar-refractivity contribution in [2.45, 2.75) is 20.0 Å². The third kappa shape index (κ3) is 7.66. The summed E-state index contributed by atoms with van der Waals surface area (Å²) in [6.07, 6.45) is 3.38. The Hall–Kier alpha value is -4.85. The van der Waals surface area contributed by atoms with Crippen LogP contribution in [0.4, 0.5) is 30.5 Å². The lowest BCUT2D eigenvalue weighted by Crippen LogP contribution is -2.14. The highest BCUT2D eigenvalue weighted by atomic mass is 35.5. The lowest BCUT2D eigenvalue weighted by molar-refractivity contribution is -0.137. The lowest BCUT2D eigenvalue weighted by Gasteiger charge is -2.14. The summed E-state index contributed by atoms with van der Waals surface area (Å²) in [5.74, 6) is -0.259. The number of carbonyl (C=O) groups is 1. The minimum Gasteiger partial charge on any atom is -0.412 e. The molecule has 0 atom stereocenters. The van der Waals surface area contributed by atoms with Gasteiger partial charge in [0.05, 0.1) is 23.3 Å². The predicted octanol–water partition coefficient (Wildman–Crippen LogP) is 5.13. The van der Waals surface area contributed by atoms with Crippen LogP contribution in [-0.2, 0) is 6.18 Å². The maximum Gasteiger partial charge on any atom is 0.416 e. The second kappa shape index (κ2) is 13.7. The van der Waals surface area contributed by atoms with Crippen LogP contribution in [0.15, 0.2) is 85.7 Å². The Bertz CT molecular complexity index is 1660. The van der Waals surface area contributed by atoms with E-state index in [0.717, 1.165) is 23.3 Å². The van der Waals surface area contributed by atoms with E-state index in [1.807, 2.05) is 13.0 Å². The van der Waals surface area contributed by atoms with E-state index in [-0.39, 0.29) is 40.3 Å². The van der Waals surface area contributed by atoms with Crippen LogP contribution < -0.4 is 10.6 Å². The van der Waals surface area contributed by atoms with Gasteiger partial charge in [0.15, 0.2) is 0 Å². The molecular weight excluding hydrogens is 575 g/mol. The number of halogens is 4. The lowest BCUT2D eigenvalue weighted by atomic mass is 10.1. The number of anilines is 3. The van der Waals surface area contributed by atoms with Gasteiger partial charge in [-0.25, -0.2) is 15.0 Å². The molecule has 220 valence electrons. The number of carbonyl (C=O) groups excluding carboxylic acids is 1. The number of aromatic nitrogens is 5. The summed E-state index contributed by atoms with van der Waals surface area (Å²) < 4.78 is 42.3. The second-order valence-corrected chi connectivity index (χ2v) is 8.80. The molecule has 5 rings (SSSR count). The van der Waals surface area contributed by atoms with E-state index in [1.54, 1.807) is 62.0 Å². The largest absolute Gasteiger partial charge is 0.416 e. The first-order valence-corrected chi connectivity index (χ1v) is 11.8. The highest BCUT2D eigenvalue weighted by molar-refractivity contribution is 6.05. The third-order valence-electron chi connectivity index (χ3n) is 5.87. The third-order valence-corrected chi connectivity index (χ3v) is 5.87. The number of aryl methyl sites for hydroxylation is 2. The van der Waals surface area contributed by atoms with E-state index < -0.39 is 17.6 Å². The molecule has 0 saturated heterocycles. The van der Waals surface area contributed by atoms with Crippen molar-refractivity contribution < 1.29 is 28.9 Å². The van der Waals surface area contributed by atoms with E-state index in [0.29, 0.717) is 23.0 Å². The first-order valence-electron chi connectivity index (χ1n) is 11.8. The van der Waals surface area contributed by atoms with Crippen molar-refractivity contribution in [3.8, 4) is 16.9 Å². The standard InChI is InChI=1S/C28H22F3N7O.ClH.2H2O/c1-17-5-6-19(10-25(17)37-27-33-9-7-24(36-27)20-4-3-8-32-14-20)26(39)35-22-11-21(28(29,30)31)12-23(13-22)38-15-18(2)34-16-38;;;/h3-16H,1-2H3,(H,35,39)(H,33,36,37);1H;2*1H2. The van der Waals surface area contributed by atoms with Crippen molar-refractivity contribution in [1.82, 2.24) is 24.5 Å². The SMILES string of the molecule is Cc1cn(-c2cc(NC(=O)c3ccc(C)c(Nc4nccc(-c5cccnc5)n4)c3)cc(C(F)(F)F)c2)cn1.Cl.O.O. The number of alkyl halides is 3. The number of pyridine rings is 1. The Morgan fingerprint density at radius 3 is 2.40 bits per heavy atom. The van der Waals surface area contributed by atoms with Crippen LogP contribution in [0.1, 0.15) is 27.2 Å². The molecule has 0 aliphatic carbocycles. The number of hydrogen-bond donors (Lipinski definition) is 2. The molecule has 0 aliphatic heterocycles. The molecule has 0 aliphatic rings. The van der Waals surface area contributed by atoms with Gasteiger partial charge in [-0.05, 0) is 67.9 Å². The molecule has 14 heteroatoms. The number of amides is 1. The van der Waals surface area contributed by atoms with Crippen molar-refractivity contribution in [3.05, 3.63) is 108 Å². The Morgan fingerprint density at radius 1 is 0.952 bits per heavy atom. The molecule has 0 saturated carbocycles. The molecule has 0 unspecified atom stereocenters. The van der Waals surface area contributed by atoms with E-state index in [9.17, 15) is 18.0 Å². The van der Waals surface area contributed by atoms with Crippen molar-refractivity contribution in [2.75, 3.05) is 10.6 Å². The van der Waals surface area contributed by atoms with E-state index in [1.165, 1.54) is 17.0 Å². The van der Waals surface area contributed by atoms with Crippen LogP contribution in [0.5, 0.6) is 0 Å². The van der Waals surface area contributed by atoms with Crippen molar-refractivity contribution in [1.29, 1.82) is 0 Å². The number of hydrogen-bond acceptors (Lipinski definition) is 6. The van der Waals surface area contributed by atoms with Crippen LogP contribution in [-0.4, -0.2) is 41.4 Å². The molecule has 1 amide bonds. The Balaban J connectivity index is 0.00000205. The average Bonchev–Trinajstić information content (AvgIpc) is 3.36. The summed E-state index contributed by atoms with van der Waals surface area (Å²) in [5.41, 5.74) is 3.09. The maximum atomic E-state index is 13.6. The van der Waals surface area contributed by atoms with Crippen LogP contribution in [0.25, 0.3) is 16.9 Å². The van der Waals surface area contributed by atoms with E-state index >= 15 is 0 Å². The summed E-state index contributed by atoms with van der Waals surface area (Å²) in [5, 5.41) is 5.71. The second-order valence-electron chi connectivity index (χ2n) is 8.80. The molecule has 10 nitrogen and oxygen atoms in total. The Labute approximate surface area is 244 Å². The first-order chi connectivity index (χ1) is 18.7. The number of rotatable bonds is 6. The monoisotopic (exact) mass is 601 g/mol. The molecule has 3 heterocycles. The Morgan fingerprint density at radius 2 is 1.74 bits per heavy atom. The number of nitrogens with zero attached hydrogens (tertiary/aromatic N) is 5. The normalized spacial score (nSPS) is 10.5. The molecule has 5 aromatic rings. The number of nitrogens with one attached hydrogen (secondary N) is 2. The van der Waals surface area contributed by atoms with Gasteiger partial charge in [-0.3, -0.25) is 9.78 Å². The highest BCUT2D eigenvalue weighted by Gasteiger charge is 2.31. The van der Waals surface area contributed by atoms with E-state index in [2.05, 4.69) is 30.6 Å². The quantitative estimate of drug-likeness (QED) is 0.274. The van der Waals surface area contributed by atoms with Gasteiger partial charge in [0.25, 0.3) is 5.91 Å². The van der Waals surface area contributed by atoms with Crippen LogP contribution in [0.2, 0.25) is 0 Å². The van der Waals surface area contributed by atoms with Crippen LogP contribution >= 0.6 is 12.4 Å². The fourth-order valence-electron chi connectivity index (χ4n) is 3.87. The van der Waals surface area contributed by atoms with Gasteiger partial charge in [-0.15, -0.1) is 12.4 Å². The molecule has 3 aromatic heterocycles. The predicted molar refractivity (Wildman–Crippen MR) is 155 cm³/mol. The van der Waals surface area contributed by atoms with Gasteiger partial charge in [0.2, 0.25) is 5.95 Å². The van der Waals surface area contributed by atoms with Gasteiger partial charge in [0.1, 0.15) is 0 Å². The van der Waals surface area contributed by atoms with Crippen LogP contribution in [0, 0.1) is 13.8 Å². The summed E-state index contributed by atoms with van der Waals surface area (Å²) in [4.78, 5) is 30.1. The molecule has 42 heavy (non-hydrogen) atoms. The fourth-order valence-corrected chi connectivity index (χ4v) is 3.87. The molecule has 0 fully saturated rings. The highest BCUT2D eigenvalue weighted by Crippen LogP contribution is 2.33. The van der Waals surface area contributed by atoms with Gasteiger partial charge >= 0.3 is 6.18 Å². The maximum absolute atomic E-state index is 13.6.